The van der Waals surface area contributed by atoms with Crippen molar-refractivity contribution >= 4 is 21.6 Å². The molecule has 0 aliphatic rings. The summed E-state index contributed by atoms with van der Waals surface area (Å²) in [5, 5.41) is 2.50. The van der Waals surface area contributed by atoms with E-state index < -0.39 is 34.2 Å². The minimum Gasteiger partial charge on any atom is -0.350 e. The van der Waals surface area contributed by atoms with Crippen molar-refractivity contribution in [3.8, 4) is 0 Å². The second-order valence-corrected chi connectivity index (χ2v) is 9.00. The molecule has 0 aliphatic carbocycles. The van der Waals surface area contributed by atoms with E-state index in [0.29, 0.717) is 5.69 Å². The SMILES string of the molecule is Cc1cccc(N(CC(=O)NCc2cccc(C(F)(F)F)c2)S(=O)(=O)c2ccccc2)c1. The molecule has 0 spiro atoms. The molecule has 9 heteroatoms. The second kappa shape index (κ2) is 9.44. The van der Waals surface area contributed by atoms with E-state index in [-0.39, 0.29) is 17.0 Å². The third-order valence-corrected chi connectivity index (χ3v) is 6.44. The van der Waals surface area contributed by atoms with Crippen molar-refractivity contribution in [2.75, 3.05) is 10.8 Å². The van der Waals surface area contributed by atoms with Crippen molar-refractivity contribution in [2.45, 2.75) is 24.5 Å². The highest BCUT2D eigenvalue weighted by Gasteiger charge is 2.30. The zero-order chi connectivity index (χ0) is 23.4. The van der Waals surface area contributed by atoms with E-state index in [1.54, 1.807) is 49.4 Å². The van der Waals surface area contributed by atoms with Gasteiger partial charge in [-0.2, -0.15) is 13.2 Å². The first-order chi connectivity index (χ1) is 15.1. The lowest BCUT2D eigenvalue weighted by atomic mass is 10.1. The fourth-order valence-corrected chi connectivity index (χ4v) is 4.50. The fourth-order valence-electron chi connectivity index (χ4n) is 3.06. The van der Waals surface area contributed by atoms with Crippen LogP contribution in [0.15, 0.2) is 83.8 Å². The minimum atomic E-state index is -4.49. The van der Waals surface area contributed by atoms with Gasteiger partial charge >= 0.3 is 6.18 Å². The Hall–Kier alpha value is -3.33. The molecule has 0 aliphatic heterocycles. The van der Waals surface area contributed by atoms with E-state index in [9.17, 15) is 26.4 Å². The number of amides is 1. The van der Waals surface area contributed by atoms with Crippen LogP contribution in [0.2, 0.25) is 0 Å². The maximum Gasteiger partial charge on any atom is 0.416 e. The van der Waals surface area contributed by atoms with Gasteiger partial charge in [-0.15, -0.1) is 0 Å². The Bertz CT molecular complexity index is 1200. The molecule has 1 amide bonds. The van der Waals surface area contributed by atoms with Gasteiger partial charge in [0.2, 0.25) is 5.91 Å². The highest BCUT2D eigenvalue weighted by molar-refractivity contribution is 7.92. The average molecular weight is 462 g/mol. The average Bonchev–Trinajstić information content (AvgIpc) is 2.76. The number of carbonyl (C=O) groups is 1. The zero-order valence-electron chi connectivity index (χ0n) is 17.1. The van der Waals surface area contributed by atoms with Gasteiger partial charge in [0.25, 0.3) is 10.0 Å². The number of carbonyl (C=O) groups excluding carboxylic acids is 1. The predicted molar refractivity (Wildman–Crippen MR) is 115 cm³/mol. The number of aryl methyl sites for hydroxylation is 1. The Labute approximate surface area is 184 Å². The summed E-state index contributed by atoms with van der Waals surface area (Å²) in [4.78, 5) is 12.6. The van der Waals surface area contributed by atoms with Crippen LogP contribution in [0.1, 0.15) is 16.7 Å². The summed E-state index contributed by atoms with van der Waals surface area (Å²) in [6.07, 6.45) is -4.49. The molecule has 0 heterocycles. The maximum absolute atomic E-state index is 13.2. The molecule has 1 N–H and O–H groups in total. The molecule has 168 valence electrons. The summed E-state index contributed by atoms with van der Waals surface area (Å²) in [7, 11) is -4.05. The molecule has 3 rings (SSSR count). The molecule has 5 nitrogen and oxygen atoms in total. The Kier molecular flexibility index (Phi) is 6.88. The van der Waals surface area contributed by atoms with Gasteiger partial charge in [0, 0.05) is 6.54 Å². The van der Waals surface area contributed by atoms with E-state index >= 15 is 0 Å². The molecule has 3 aromatic carbocycles. The number of hydrogen-bond donors (Lipinski definition) is 1. The first kappa shape index (κ1) is 23.3. The first-order valence-corrected chi connectivity index (χ1v) is 11.1. The summed E-state index contributed by atoms with van der Waals surface area (Å²) in [5.41, 5.74) is 0.543. The van der Waals surface area contributed by atoms with Crippen LogP contribution in [-0.4, -0.2) is 20.9 Å². The highest BCUT2D eigenvalue weighted by atomic mass is 32.2. The monoisotopic (exact) mass is 462 g/mol. The topological polar surface area (TPSA) is 66.5 Å². The predicted octanol–water partition coefficient (Wildman–Crippen LogP) is 4.53. The number of nitrogens with zero attached hydrogens (tertiary/aromatic N) is 1. The van der Waals surface area contributed by atoms with Crippen LogP contribution in [0.25, 0.3) is 0 Å². The van der Waals surface area contributed by atoms with Crippen LogP contribution >= 0.6 is 0 Å². The Balaban J connectivity index is 1.82. The first-order valence-electron chi connectivity index (χ1n) is 9.65. The summed E-state index contributed by atoms with van der Waals surface area (Å²) < 4.78 is 66.1. The lowest BCUT2D eigenvalue weighted by Gasteiger charge is -2.24. The molecule has 0 atom stereocenters. The van der Waals surface area contributed by atoms with Crippen LogP contribution in [-0.2, 0) is 27.5 Å². The van der Waals surface area contributed by atoms with Crippen molar-refractivity contribution in [2.24, 2.45) is 0 Å². The molecule has 0 unspecified atom stereocenters. The molecule has 0 radical (unpaired) electrons. The summed E-state index contributed by atoms with van der Waals surface area (Å²) in [6.45, 7) is 1.10. The van der Waals surface area contributed by atoms with Crippen molar-refractivity contribution in [1.29, 1.82) is 0 Å². The zero-order valence-corrected chi connectivity index (χ0v) is 18.0. The third-order valence-electron chi connectivity index (χ3n) is 4.65. The number of rotatable bonds is 7. The maximum atomic E-state index is 13.2. The van der Waals surface area contributed by atoms with Gasteiger partial charge in [-0.1, -0.05) is 42.5 Å². The standard InChI is InChI=1S/C23H21F3N2O3S/c1-17-7-5-10-20(13-17)28(32(30,31)21-11-3-2-4-12-21)16-22(29)27-15-18-8-6-9-19(14-18)23(24,25)26/h2-14H,15-16H2,1H3,(H,27,29). The normalized spacial score (nSPS) is 11.8. The third kappa shape index (κ3) is 5.67. The number of anilines is 1. The number of benzene rings is 3. The second-order valence-electron chi connectivity index (χ2n) is 7.14. The van der Waals surface area contributed by atoms with E-state index in [1.807, 2.05) is 0 Å². The van der Waals surface area contributed by atoms with Gasteiger partial charge in [0.15, 0.2) is 0 Å². The quantitative estimate of drug-likeness (QED) is 0.561. The van der Waals surface area contributed by atoms with Crippen LogP contribution < -0.4 is 9.62 Å². The molecule has 32 heavy (non-hydrogen) atoms. The Morgan fingerprint density at radius 2 is 1.62 bits per heavy atom. The van der Waals surface area contributed by atoms with Crippen molar-refractivity contribution in [1.82, 2.24) is 5.32 Å². The van der Waals surface area contributed by atoms with Gasteiger partial charge in [0.05, 0.1) is 16.1 Å². The molecule has 0 aromatic heterocycles. The molecule has 3 aromatic rings. The fraction of sp³-hybridized carbons (Fsp3) is 0.174. The molecule has 0 fully saturated rings. The Morgan fingerprint density at radius 1 is 0.938 bits per heavy atom. The van der Waals surface area contributed by atoms with Crippen LogP contribution in [0.5, 0.6) is 0 Å². The molecular formula is C23H21F3N2O3S. The largest absolute Gasteiger partial charge is 0.416 e. The van der Waals surface area contributed by atoms with E-state index in [2.05, 4.69) is 5.32 Å². The number of sulfonamides is 1. The number of alkyl halides is 3. The van der Waals surface area contributed by atoms with Crippen molar-refractivity contribution in [3.63, 3.8) is 0 Å². The molecular weight excluding hydrogens is 441 g/mol. The van der Waals surface area contributed by atoms with E-state index in [4.69, 9.17) is 0 Å². The smallest absolute Gasteiger partial charge is 0.350 e. The lowest BCUT2D eigenvalue weighted by molar-refractivity contribution is -0.137. The van der Waals surface area contributed by atoms with Crippen molar-refractivity contribution < 1.29 is 26.4 Å². The highest BCUT2D eigenvalue weighted by Crippen LogP contribution is 2.29. The van der Waals surface area contributed by atoms with Crippen LogP contribution in [0.3, 0.4) is 0 Å². The van der Waals surface area contributed by atoms with Gasteiger partial charge in [0.1, 0.15) is 6.54 Å². The van der Waals surface area contributed by atoms with Gasteiger partial charge in [-0.3, -0.25) is 9.10 Å². The van der Waals surface area contributed by atoms with Crippen LogP contribution in [0.4, 0.5) is 18.9 Å². The lowest BCUT2D eigenvalue weighted by Crippen LogP contribution is -2.40. The number of nitrogens with one attached hydrogen (secondary N) is 1. The Morgan fingerprint density at radius 3 is 2.28 bits per heavy atom. The molecule has 0 saturated carbocycles. The van der Waals surface area contributed by atoms with Gasteiger partial charge in [-0.05, 0) is 54.4 Å². The van der Waals surface area contributed by atoms with Gasteiger partial charge < -0.3 is 5.32 Å². The summed E-state index contributed by atoms with van der Waals surface area (Å²) in [6, 6.07) is 19.0. The molecule has 0 bridgehead atoms. The number of halogens is 3. The van der Waals surface area contributed by atoms with Crippen LogP contribution in [0, 0.1) is 6.92 Å². The van der Waals surface area contributed by atoms with Crippen molar-refractivity contribution in [3.05, 3.63) is 95.6 Å². The van der Waals surface area contributed by atoms with E-state index in [1.165, 1.54) is 24.3 Å². The van der Waals surface area contributed by atoms with Gasteiger partial charge in [-0.25, -0.2) is 8.42 Å². The summed E-state index contributed by atoms with van der Waals surface area (Å²) >= 11 is 0. The number of hydrogen-bond acceptors (Lipinski definition) is 3. The summed E-state index contributed by atoms with van der Waals surface area (Å²) in [5.74, 6) is -0.650. The minimum absolute atomic E-state index is 0.0205. The molecule has 0 saturated heterocycles. The van der Waals surface area contributed by atoms with E-state index in [0.717, 1.165) is 22.0 Å².